The molecule has 1 aliphatic rings. The Hall–Kier alpha value is -1.06. The summed E-state index contributed by atoms with van der Waals surface area (Å²) in [5.74, 6) is 1.34. The van der Waals surface area contributed by atoms with Crippen LogP contribution in [0, 0.1) is 11.8 Å². The van der Waals surface area contributed by atoms with E-state index in [1.54, 1.807) is 0 Å². The van der Waals surface area contributed by atoms with Crippen molar-refractivity contribution >= 4 is 11.8 Å². The van der Waals surface area contributed by atoms with E-state index in [1.807, 2.05) is 0 Å². The predicted molar refractivity (Wildman–Crippen MR) is 90.5 cm³/mol. The van der Waals surface area contributed by atoms with Crippen molar-refractivity contribution in [2.45, 2.75) is 91.1 Å². The van der Waals surface area contributed by atoms with Crippen LogP contribution in [0.25, 0.3) is 0 Å². The molecule has 0 saturated heterocycles. The van der Waals surface area contributed by atoms with Gasteiger partial charge in [0.2, 0.25) is 11.8 Å². The summed E-state index contributed by atoms with van der Waals surface area (Å²) in [6, 6.07) is 0.216. The van der Waals surface area contributed by atoms with Crippen LogP contribution in [0.3, 0.4) is 0 Å². The standard InChI is InChI=1S/C18H34N2O2/c1-13(2)9-11-17(21)19-15-7-5-6-8-16(15)20-18(22)12-10-14(3)4/h13-16H,5-12H2,1-4H3,(H,19,21)(H,20,22). The van der Waals surface area contributed by atoms with Crippen LogP contribution in [0.5, 0.6) is 0 Å². The van der Waals surface area contributed by atoms with Crippen molar-refractivity contribution in [1.82, 2.24) is 10.6 Å². The summed E-state index contributed by atoms with van der Waals surface area (Å²) in [7, 11) is 0. The zero-order valence-corrected chi connectivity index (χ0v) is 14.8. The van der Waals surface area contributed by atoms with Crippen LogP contribution in [0.2, 0.25) is 0 Å². The molecule has 0 aromatic rings. The molecule has 0 aromatic carbocycles. The van der Waals surface area contributed by atoms with E-state index >= 15 is 0 Å². The van der Waals surface area contributed by atoms with Gasteiger partial charge in [-0.3, -0.25) is 9.59 Å². The van der Waals surface area contributed by atoms with Gasteiger partial charge in [-0.1, -0.05) is 40.5 Å². The van der Waals surface area contributed by atoms with Crippen molar-refractivity contribution in [3.63, 3.8) is 0 Å². The van der Waals surface area contributed by atoms with Crippen LogP contribution < -0.4 is 10.6 Å². The topological polar surface area (TPSA) is 58.2 Å². The van der Waals surface area contributed by atoms with Crippen LogP contribution in [0.15, 0.2) is 0 Å². The minimum absolute atomic E-state index is 0.108. The van der Waals surface area contributed by atoms with Crippen molar-refractivity contribution in [2.24, 2.45) is 11.8 Å². The second-order valence-corrected chi connectivity index (χ2v) is 7.50. The Morgan fingerprint density at radius 1 is 0.818 bits per heavy atom. The second kappa shape index (κ2) is 9.86. The maximum atomic E-state index is 12.0. The highest BCUT2D eigenvalue weighted by molar-refractivity contribution is 5.77. The molecule has 0 heterocycles. The monoisotopic (exact) mass is 310 g/mol. The van der Waals surface area contributed by atoms with Gasteiger partial charge in [-0.15, -0.1) is 0 Å². The molecular weight excluding hydrogens is 276 g/mol. The van der Waals surface area contributed by atoms with Gasteiger partial charge in [0.15, 0.2) is 0 Å². The first-order chi connectivity index (χ1) is 10.4. The molecule has 0 aliphatic heterocycles. The fourth-order valence-corrected chi connectivity index (χ4v) is 2.87. The lowest BCUT2D eigenvalue weighted by molar-refractivity contribution is -0.125. The van der Waals surface area contributed by atoms with E-state index in [0.29, 0.717) is 24.7 Å². The van der Waals surface area contributed by atoms with Crippen molar-refractivity contribution < 1.29 is 9.59 Å². The summed E-state index contributed by atoms with van der Waals surface area (Å²) in [5.41, 5.74) is 0. The molecule has 1 saturated carbocycles. The quantitative estimate of drug-likeness (QED) is 0.722. The average molecular weight is 310 g/mol. The molecule has 4 nitrogen and oxygen atoms in total. The van der Waals surface area contributed by atoms with Gasteiger partial charge in [0, 0.05) is 24.9 Å². The summed E-state index contributed by atoms with van der Waals surface area (Å²) in [5, 5.41) is 6.28. The Morgan fingerprint density at radius 3 is 1.50 bits per heavy atom. The summed E-state index contributed by atoms with van der Waals surface area (Å²) in [4.78, 5) is 24.1. The Labute approximate surface area is 135 Å². The van der Waals surface area contributed by atoms with Crippen molar-refractivity contribution in [3.8, 4) is 0 Å². The molecule has 0 bridgehead atoms. The van der Waals surface area contributed by atoms with Crippen LogP contribution in [0.1, 0.15) is 79.1 Å². The fraction of sp³-hybridized carbons (Fsp3) is 0.889. The summed E-state index contributed by atoms with van der Waals surface area (Å²) in [6.07, 6.45) is 7.23. The molecule has 1 aliphatic carbocycles. The summed E-state index contributed by atoms with van der Waals surface area (Å²) >= 11 is 0. The van der Waals surface area contributed by atoms with Crippen LogP contribution >= 0.6 is 0 Å². The number of nitrogens with one attached hydrogen (secondary N) is 2. The van der Waals surface area contributed by atoms with Gasteiger partial charge in [0.1, 0.15) is 0 Å². The molecule has 1 fully saturated rings. The van der Waals surface area contributed by atoms with Crippen LogP contribution in [-0.2, 0) is 9.59 Å². The Bertz CT molecular complexity index is 319. The van der Waals surface area contributed by atoms with Gasteiger partial charge in [-0.05, 0) is 37.5 Å². The normalized spacial score (nSPS) is 21.9. The predicted octanol–water partition coefficient (Wildman–Crippen LogP) is 3.40. The smallest absolute Gasteiger partial charge is 0.220 e. The first-order valence-corrected chi connectivity index (χ1v) is 8.97. The van der Waals surface area contributed by atoms with Gasteiger partial charge < -0.3 is 10.6 Å². The minimum Gasteiger partial charge on any atom is -0.351 e. The molecule has 4 heteroatoms. The Morgan fingerprint density at radius 2 is 1.18 bits per heavy atom. The largest absolute Gasteiger partial charge is 0.351 e. The second-order valence-electron chi connectivity index (χ2n) is 7.50. The van der Waals surface area contributed by atoms with Gasteiger partial charge in [0.05, 0.1) is 0 Å². The van der Waals surface area contributed by atoms with Gasteiger partial charge in [-0.25, -0.2) is 0 Å². The van der Waals surface area contributed by atoms with Gasteiger partial charge in [0.25, 0.3) is 0 Å². The van der Waals surface area contributed by atoms with Crippen LogP contribution in [0.4, 0.5) is 0 Å². The zero-order chi connectivity index (χ0) is 16.5. The van der Waals surface area contributed by atoms with Crippen molar-refractivity contribution in [1.29, 1.82) is 0 Å². The molecule has 0 radical (unpaired) electrons. The van der Waals surface area contributed by atoms with E-state index in [4.69, 9.17) is 0 Å². The van der Waals surface area contributed by atoms with E-state index in [1.165, 1.54) is 0 Å². The molecule has 2 amide bonds. The number of rotatable bonds is 8. The Kier molecular flexibility index (Phi) is 8.51. The number of hydrogen-bond donors (Lipinski definition) is 2. The fourth-order valence-electron chi connectivity index (χ4n) is 2.87. The molecule has 0 aromatic heterocycles. The molecule has 2 atom stereocenters. The first kappa shape index (κ1) is 19.0. The lowest BCUT2D eigenvalue weighted by Crippen LogP contribution is -2.53. The van der Waals surface area contributed by atoms with E-state index in [0.717, 1.165) is 38.5 Å². The lowest BCUT2D eigenvalue weighted by atomic mass is 9.89. The number of hydrogen-bond acceptors (Lipinski definition) is 2. The maximum absolute atomic E-state index is 12.0. The highest BCUT2D eigenvalue weighted by atomic mass is 16.2. The molecule has 128 valence electrons. The summed E-state index contributed by atoms with van der Waals surface area (Å²) in [6.45, 7) is 8.52. The number of carbonyl (C=O) groups is 2. The zero-order valence-electron chi connectivity index (χ0n) is 14.8. The third-order valence-electron chi connectivity index (χ3n) is 4.36. The summed E-state index contributed by atoms with van der Waals surface area (Å²) < 4.78 is 0. The van der Waals surface area contributed by atoms with Crippen molar-refractivity contribution in [3.05, 3.63) is 0 Å². The molecule has 22 heavy (non-hydrogen) atoms. The third kappa shape index (κ3) is 7.81. The SMILES string of the molecule is CC(C)CCC(=O)NC1CCCCC1NC(=O)CCC(C)C. The number of amides is 2. The van der Waals surface area contributed by atoms with E-state index in [2.05, 4.69) is 38.3 Å². The maximum Gasteiger partial charge on any atom is 0.220 e. The van der Waals surface area contributed by atoms with E-state index in [9.17, 15) is 9.59 Å². The highest BCUT2D eigenvalue weighted by Crippen LogP contribution is 2.19. The van der Waals surface area contributed by atoms with Gasteiger partial charge in [-0.2, -0.15) is 0 Å². The molecule has 2 N–H and O–H groups in total. The molecule has 2 unspecified atom stereocenters. The first-order valence-electron chi connectivity index (χ1n) is 8.97. The van der Waals surface area contributed by atoms with Gasteiger partial charge >= 0.3 is 0 Å². The third-order valence-corrected chi connectivity index (χ3v) is 4.36. The van der Waals surface area contributed by atoms with Crippen LogP contribution in [-0.4, -0.2) is 23.9 Å². The molecule has 1 rings (SSSR count). The number of carbonyl (C=O) groups excluding carboxylic acids is 2. The highest BCUT2D eigenvalue weighted by Gasteiger charge is 2.27. The molecular formula is C18H34N2O2. The lowest BCUT2D eigenvalue weighted by Gasteiger charge is -2.33. The minimum atomic E-state index is 0.108. The Balaban J connectivity index is 2.42. The molecule has 0 spiro atoms. The average Bonchev–Trinajstić information content (AvgIpc) is 2.45. The van der Waals surface area contributed by atoms with E-state index in [-0.39, 0.29) is 23.9 Å². The van der Waals surface area contributed by atoms with Crippen molar-refractivity contribution in [2.75, 3.05) is 0 Å². The van der Waals surface area contributed by atoms with E-state index < -0.39 is 0 Å².